The van der Waals surface area contributed by atoms with E-state index in [0.717, 1.165) is 16.8 Å². The Balaban J connectivity index is 0.00000254. The van der Waals surface area contributed by atoms with Gasteiger partial charge in [0.2, 0.25) is 0 Å². The van der Waals surface area contributed by atoms with E-state index in [4.69, 9.17) is 9.53 Å². The van der Waals surface area contributed by atoms with Gasteiger partial charge in [-0.1, -0.05) is 85.5 Å². The van der Waals surface area contributed by atoms with Gasteiger partial charge in [-0.15, -0.1) is 0 Å². The van der Waals surface area contributed by atoms with Crippen LogP contribution in [0.1, 0.15) is 39.5 Å². The average molecular weight is 393 g/mol. The Kier molecular flexibility index (Phi) is 15.2. The summed E-state index contributed by atoms with van der Waals surface area (Å²) in [4.78, 5) is 8.00. The van der Waals surface area contributed by atoms with Crippen molar-refractivity contribution in [1.82, 2.24) is 0 Å². The molecule has 2 nitrogen and oxygen atoms in total. The Hall–Kier alpha value is -1.61. The summed E-state index contributed by atoms with van der Waals surface area (Å²) in [5, 5.41) is 0. The maximum absolute atomic E-state index is 8.00. The Labute approximate surface area is 155 Å². The van der Waals surface area contributed by atoms with Crippen molar-refractivity contribution in [2.45, 2.75) is 39.5 Å². The van der Waals surface area contributed by atoms with Crippen LogP contribution in [0.3, 0.4) is 0 Å². The van der Waals surface area contributed by atoms with E-state index in [-0.39, 0.29) is 0 Å². The van der Waals surface area contributed by atoms with Crippen molar-refractivity contribution >= 4 is 22.7 Å². The lowest BCUT2D eigenvalue weighted by molar-refractivity contribution is -0.0979. The minimum Gasteiger partial charge on any atom is -0.493 e. The van der Waals surface area contributed by atoms with Crippen LogP contribution in [-0.2, 0) is 9.53 Å². The lowest BCUT2D eigenvalue weighted by Gasteiger charge is -2.15. The van der Waals surface area contributed by atoms with Gasteiger partial charge in [0.15, 0.2) is 0 Å². The summed E-state index contributed by atoms with van der Waals surface area (Å²) in [6, 6.07) is 0. The van der Waals surface area contributed by atoms with Crippen molar-refractivity contribution in [1.29, 1.82) is 0 Å². The first kappa shape index (κ1) is 22.4. The van der Waals surface area contributed by atoms with Crippen LogP contribution in [0, 0.1) is 5.92 Å². The highest BCUT2D eigenvalue weighted by molar-refractivity contribution is 9.11. The SMILES string of the molecule is C=O.CCCCC(CC)COC1=C/C=C/C=C\C(Br)=C/C=C/C=C\1. The van der Waals surface area contributed by atoms with Crippen LogP contribution in [0.15, 0.2) is 71.0 Å². The predicted molar refractivity (Wildman–Crippen MR) is 108 cm³/mol. The van der Waals surface area contributed by atoms with Crippen LogP contribution in [0.25, 0.3) is 0 Å². The number of allylic oxidation sites excluding steroid dienone is 11. The molecule has 0 bridgehead atoms. The molecule has 0 aromatic carbocycles. The van der Waals surface area contributed by atoms with Crippen molar-refractivity contribution in [2.24, 2.45) is 5.92 Å². The van der Waals surface area contributed by atoms with E-state index in [1.54, 1.807) is 0 Å². The Morgan fingerprint density at radius 1 is 1.00 bits per heavy atom. The second kappa shape index (κ2) is 16.3. The van der Waals surface area contributed by atoms with Crippen molar-refractivity contribution in [3.05, 3.63) is 71.0 Å². The molecule has 0 saturated heterocycles. The van der Waals surface area contributed by atoms with E-state index >= 15 is 0 Å². The van der Waals surface area contributed by atoms with Crippen LogP contribution < -0.4 is 0 Å². The summed E-state index contributed by atoms with van der Waals surface area (Å²) in [5.41, 5.74) is 0. The smallest absolute Gasteiger partial charge is 0.119 e. The number of carbonyl (C=O) groups is 1. The molecule has 1 aliphatic carbocycles. The van der Waals surface area contributed by atoms with E-state index in [2.05, 4.69) is 29.8 Å². The molecule has 0 N–H and O–H groups in total. The number of unbranched alkanes of at least 4 members (excludes halogenated alkanes) is 1. The molecule has 0 amide bonds. The summed E-state index contributed by atoms with van der Waals surface area (Å²) >= 11 is 3.48. The number of hydrogen-bond acceptors (Lipinski definition) is 2. The third-order valence-electron chi connectivity index (χ3n) is 3.51. The topological polar surface area (TPSA) is 26.3 Å². The van der Waals surface area contributed by atoms with Crippen LogP contribution in [-0.4, -0.2) is 13.4 Å². The molecular formula is C21H29BrO2. The molecule has 0 spiro atoms. The Bertz CT molecular complexity index is 496. The molecule has 1 aliphatic rings. The molecule has 1 unspecified atom stereocenters. The summed E-state index contributed by atoms with van der Waals surface area (Å²) in [7, 11) is 0. The average Bonchev–Trinajstić information content (AvgIpc) is 2.60. The fraction of sp³-hybridized carbons (Fsp3) is 0.381. The fourth-order valence-electron chi connectivity index (χ4n) is 2.04. The van der Waals surface area contributed by atoms with Crippen LogP contribution >= 0.6 is 15.9 Å². The van der Waals surface area contributed by atoms with Gasteiger partial charge in [-0.05, 0) is 36.6 Å². The van der Waals surface area contributed by atoms with Gasteiger partial charge in [0.1, 0.15) is 12.5 Å². The van der Waals surface area contributed by atoms with Crippen molar-refractivity contribution in [3.8, 4) is 0 Å². The number of ether oxygens (including phenoxy) is 1. The minimum atomic E-state index is 0.647. The van der Waals surface area contributed by atoms with Gasteiger partial charge in [-0.25, -0.2) is 0 Å². The molecule has 0 aromatic heterocycles. The maximum Gasteiger partial charge on any atom is 0.119 e. The molecule has 0 fully saturated rings. The van der Waals surface area contributed by atoms with Gasteiger partial charge in [0.25, 0.3) is 0 Å². The maximum atomic E-state index is 8.00. The second-order valence-electron chi connectivity index (χ2n) is 5.34. The van der Waals surface area contributed by atoms with Crippen LogP contribution in [0.5, 0.6) is 0 Å². The quantitative estimate of drug-likeness (QED) is 0.498. The molecule has 24 heavy (non-hydrogen) atoms. The summed E-state index contributed by atoms with van der Waals surface area (Å²) in [5.74, 6) is 1.56. The zero-order chi connectivity index (χ0) is 18.0. The lowest BCUT2D eigenvalue weighted by Crippen LogP contribution is -2.08. The van der Waals surface area contributed by atoms with Gasteiger partial charge >= 0.3 is 0 Å². The molecule has 0 saturated carbocycles. The van der Waals surface area contributed by atoms with Gasteiger partial charge in [0, 0.05) is 4.48 Å². The highest BCUT2D eigenvalue weighted by Gasteiger charge is 2.06. The van der Waals surface area contributed by atoms with Crippen molar-refractivity contribution in [3.63, 3.8) is 0 Å². The zero-order valence-corrected chi connectivity index (χ0v) is 16.4. The van der Waals surface area contributed by atoms with E-state index in [9.17, 15) is 0 Å². The van der Waals surface area contributed by atoms with Gasteiger partial charge in [-0.3, -0.25) is 0 Å². The van der Waals surface area contributed by atoms with E-state index in [0.29, 0.717) is 5.92 Å². The normalized spacial score (nSPS) is 25.0. The van der Waals surface area contributed by atoms with E-state index in [1.807, 2.05) is 67.5 Å². The molecule has 0 heterocycles. The standard InChI is InChI=1S/C20H27BrO.CH2O/c1-3-5-12-18(4-2)17-22-20-15-10-6-8-13-19(21)14-9-7-11-16-20;1-2/h6-11,13-16,18H,3-5,12,17H2,1-2H3;1H2/b8-6+,9-7?,10-6?,11-7+,13-8?,14-9-,15-10-,16-11?,19-13+,19-14?,20-15?,20-16+;. The van der Waals surface area contributed by atoms with Gasteiger partial charge in [0.05, 0.1) is 6.61 Å². The third-order valence-corrected chi connectivity index (χ3v) is 4.03. The molecule has 132 valence electrons. The van der Waals surface area contributed by atoms with Crippen molar-refractivity contribution < 1.29 is 9.53 Å². The fourth-order valence-corrected chi connectivity index (χ4v) is 2.35. The summed E-state index contributed by atoms with van der Waals surface area (Å²) in [6.07, 6.45) is 25.1. The zero-order valence-electron chi connectivity index (χ0n) is 14.8. The van der Waals surface area contributed by atoms with Crippen LogP contribution in [0.2, 0.25) is 0 Å². The number of halogens is 1. The number of carbonyl (C=O) groups excluding carboxylic acids is 1. The highest BCUT2D eigenvalue weighted by Crippen LogP contribution is 2.15. The molecule has 0 aromatic rings. The Morgan fingerprint density at radius 3 is 2.33 bits per heavy atom. The molecular weight excluding hydrogens is 364 g/mol. The van der Waals surface area contributed by atoms with Crippen molar-refractivity contribution in [2.75, 3.05) is 6.61 Å². The van der Waals surface area contributed by atoms with Gasteiger partial charge < -0.3 is 9.53 Å². The third kappa shape index (κ3) is 11.9. The first-order chi connectivity index (χ1) is 11.8. The summed E-state index contributed by atoms with van der Waals surface area (Å²) in [6.45, 7) is 7.28. The number of rotatable bonds is 7. The largest absolute Gasteiger partial charge is 0.493 e. The monoisotopic (exact) mass is 392 g/mol. The van der Waals surface area contributed by atoms with Crippen LogP contribution in [0.4, 0.5) is 0 Å². The van der Waals surface area contributed by atoms with E-state index in [1.165, 1.54) is 25.7 Å². The number of hydrogen-bond donors (Lipinski definition) is 0. The highest BCUT2D eigenvalue weighted by atomic mass is 79.9. The molecule has 3 heteroatoms. The lowest BCUT2D eigenvalue weighted by atomic mass is 10.0. The predicted octanol–water partition coefficient (Wildman–Crippen LogP) is 6.44. The molecule has 0 aliphatic heterocycles. The Morgan fingerprint density at radius 2 is 1.67 bits per heavy atom. The van der Waals surface area contributed by atoms with E-state index < -0.39 is 0 Å². The first-order valence-corrected chi connectivity index (χ1v) is 9.22. The molecule has 1 atom stereocenters. The molecule has 1 rings (SSSR count). The first-order valence-electron chi connectivity index (χ1n) is 8.43. The summed E-state index contributed by atoms with van der Waals surface area (Å²) < 4.78 is 7.04. The van der Waals surface area contributed by atoms with Gasteiger partial charge in [-0.2, -0.15) is 0 Å². The minimum absolute atomic E-state index is 0.647. The second-order valence-corrected chi connectivity index (χ2v) is 6.25. The molecule has 0 radical (unpaired) electrons.